The zero-order valence-electron chi connectivity index (χ0n) is 10.9. The summed E-state index contributed by atoms with van der Waals surface area (Å²) in [6.45, 7) is 0. The molecule has 6 heteroatoms. The summed E-state index contributed by atoms with van der Waals surface area (Å²) in [6, 6.07) is 12.8. The summed E-state index contributed by atoms with van der Waals surface area (Å²) in [4.78, 5) is 23.5. The van der Waals surface area contributed by atoms with Crippen LogP contribution in [-0.4, -0.2) is 11.8 Å². The molecule has 0 saturated heterocycles. The molecule has 0 atom stereocenters. The molecule has 0 aliphatic carbocycles. The molecule has 0 aliphatic heterocycles. The zero-order valence-corrected chi connectivity index (χ0v) is 12.5. The van der Waals surface area contributed by atoms with E-state index in [1.165, 1.54) is 12.1 Å². The van der Waals surface area contributed by atoms with Crippen LogP contribution < -0.4 is 10.9 Å². The second-order valence-corrected chi connectivity index (χ2v) is 5.10. The fourth-order valence-corrected chi connectivity index (χ4v) is 2.16. The third kappa shape index (κ3) is 4.13. The molecule has 2 amide bonds. The minimum atomic E-state index is -0.500. The Bertz CT molecular complexity index is 676. The molecule has 0 heterocycles. The van der Waals surface area contributed by atoms with Gasteiger partial charge in [-0.05, 0) is 39.7 Å². The van der Waals surface area contributed by atoms with Crippen molar-refractivity contribution in [3.8, 4) is 0 Å². The molecule has 2 aromatic carbocycles. The van der Waals surface area contributed by atoms with Crippen molar-refractivity contribution in [2.24, 2.45) is 0 Å². The monoisotopic (exact) mass is 350 g/mol. The second-order valence-electron chi connectivity index (χ2n) is 4.25. The van der Waals surface area contributed by atoms with Crippen LogP contribution in [0.4, 0.5) is 4.39 Å². The summed E-state index contributed by atoms with van der Waals surface area (Å²) in [5, 5.41) is 0. The first-order chi connectivity index (χ1) is 10.1. The average Bonchev–Trinajstić information content (AvgIpc) is 2.48. The van der Waals surface area contributed by atoms with Gasteiger partial charge in [0.05, 0.1) is 12.0 Å². The number of hydrogen-bond acceptors (Lipinski definition) is 2. The van der Waals surface area contributed by atoms with Crippen molar-refractivity contribution in [2.45, 2.75) is 6.42 Å². The fraction of sp³-hybridized carbons (Fsp3) is 0.0667. The second kappa shape index (κ2) is 6.99. The van der Waals surface area contributed by atoms with Crippen molar-refractivity contribution in [3.05, 3.63) is 69.9 Å². The molecule has 4 nitrogen and oxygen atoms in total. The normalized spacial score (nSPS) is 10.0. The number of halogens is 2. The van der Waals surface area contributed by atoms with Gasteiger partial charge in [0.25, 0.3) is 5.91 Å². The average molecular weight is 351 g/mol. The van der Waals surface area contributed by atoms with Crippen molar-refractivity contribution >= 4 is 27.7 Å². The van der Waals surface area contributed by atoms with Crippen LogP contribution in [0, 0.1) is 5.82 Å². The van der Waals surface area contributed by atoms with Crippen LogP contribution in [0.3, 0.4) is 0 Å². The Kier molecular flexibility index (Phi) is 5.05. The lowest BCUT2D eigenvalue weighted by Crippen LogP contribution is -2.42. The summed E-state index contributed by atoms with van der Waals surface area (Å²) in [5.74, 6) is -1.41. The maximum atomic E-state index is 13.4. The number of amides is 2. The minimum Gasteiger partial charge on any atom is -0.273 e. The van der Waals surface area contributed by atoms with Gasteiger partial charge in [-0.2, -0.15) is 0 Å². The number of hydrogen-bond donors (Lipinski definition) is 2. The van der Waals surface area contributed by atoms with Gasteiger partial charge in [-0.3, -0.25) is 20.4 Å². The highest BCUT2D eigenvalue weighted by atomic mass is 79.9. The minimum absolute atomic E-state index is 0.150. The predicted octanol–water partition coefficient (Wildman–Crippen LogP) is 2.59. The van der Waals surface area contributed by atoms with E-state index in [2.05, 4.69) is 26.8 Å². The SMILES string of the molecule is O=C(Cc1ccccc1F)NNC(=O)c1ccccc1Br. The summed E-state index contributed by atoms with van der Waals surface area (Å²) < 4.78 is 14.0. The van der Waals surface area contributed by atoms with Gasteiger partial charge < -0.3 is 0 Å². The van der Waals surface area contributed by atoms with E-state index in [1.807, 2.05) is 0 Å². The van der Waals surface area contributed by atoms with E-state index in [0.29, 0.717) is 10.0 Å². The van der Waals surface area contributed by atoms with E-state index >= 15 is 0 Å². The molecule has 2 aromatic rings. The Labute approximate surface area is 129 Å². The molecule has 0 aliphatic rings. The quantitative estimate of drug-likeness (QED) is 0.836. The lowest BCUT2D eigenvalue weighted by atomic mass is 10.1. The number of rotatable bonds is 3. The van der Waals surface area contributed by atoms with Crippen molar-refractivity contribution in [2.75, 3.05) is 0 Å². The van der Waals surface area contributed by atoms with E-state index in [4.69, 9.17) is 0 Å². The Balaban J connectivity index is 1.91. The third-order valence-corrected chi connectivity index (χ3v) is 3.43. The zero-order chi connectivity index (χ0) is 15.2. The van der Waals surface area contributed by atoms with Crippen LogP contribution in [0.5, 0.6) is 0 Å². The lowest BCUT2D eigenvalue weighted by Gasteiger charge is -2.08. The van der Waals surface area contributed by atoms with E-state index in [-0.39, 0.29) is 12.0 Å². The standard InChI is InChI=1S/C15H12BrFN2O2/c16-12-7-3-2-6-11(12)15(21)19-18-14(20)9-10-5-1-4-8-13(10)17/h1-8H,9H2,(H,18,20)(H,19,21). The number of benzene rings is 2. The smallest absolute Gasteiger partial charge is 0.270 e. The van der Waals surface area contributed by atoms with Gasteiger partial charge >= 0.3 is 0 Å². The number of hydrazine groups is 1. The molecule has 2 N–H and O–H groups in total. The van der Waals surface area contributed by atoms with E-state index in [9.17, 15) is 14.0 Å². The maximum Gasteiger partial charge on any atom is 0.270 e. The molecule has 0 spiro atoms. The molecule has 0 unspecified atom stereocenters. The molecule has 108 valence electrons. The molecule has 0 radical (unpaired) electrons. The van der Waals surface area contributed by atoms with Crippen LogP contribution >= 0.6 is 15.9 Å². The highest BCUT2D eigenvalue weighted by molar-refractivity contribution is 9.10. The van der Waals surface area contributed by atoms with Gasteiger partial charge in [0.2, 0.25) is 5.91 Å². The highest BCUT2D eigenvalue weighted by Crippen LogP contribution is 2.15. The Morgan fingerprint density at radius 2 is 1.67 bits per heavy atom. The first-order valence-corrected chi connectivity index (χ1v) is 6.94. The summed E-state index contributed by atoms with van der Waals surface area (Å²) >= 11 is 3.24. The molecule has 2 rings (SSSR count). The number of nitrogens with one attached hydrogen (secondary N) is 2. The van der Waals surface area contributed by atoms with Crippen LogP contribution in [0.1, 0.15) is 15.9 Å². The van der Waals surface area contributed by atoms with Crippen molar-refractivity contribution < 1.29 is 14.0 Å². The molecule has 21 heavy (non-hydrogen) atoms. The number of carbonyl (C=O) groups excluding carboxylic acids is 2. The number of carbonyl (C=O) groups is 2. The van der Waals surface area contributed by atoms with E-state index in [0.717, 1.165) is 0 Å². The van der Waals surface area contributed by atoms with Crippen molar-refractivity contribution in [1.82, 2.24) is 10.9 Å². The molecule has 0 saturated carbocycles. The summed E-state index contributed by atoms with van der Waals surface area (Å²) in [5.41, 5.74) is 5.21. The summed E-state index contributed by atoms with van der Waals surface area (Å²) in [7, 11) is 0. The van der Waals surface area contributed by atoms with Gasteiger partial charge in [-0.1, -0.05) is 30.3 Å². The first kappa shape index (κ1) is 15.2. The van der Waals surface area contributed by atoms with Gasteiger partial charge in [0, 0.05) is 4.47 Å². The lowest BCUT2D eigenvalue weighted by molar-refractivity contribution is -0.121. The third-order valence-electron chi connectivity index (χ3n) is 2.74. The van der Waals surface area contributed by atoms with Crippen LogP contribution in [0.15, 0.2) is 53.0 Å². The van der Waals surface area contributed by atoms with Crippen LogP contribution in [0.2, 0.25) is 0 Å². The van der Waals surface area contributed by atoms with Crippen molar-refractivity contribution in [1.29, 1.82) is 0 Å². The summed E-state index contributed by atoms with van der Waals surface area (Å²) in [6.07, 6.45) is -0.150. The largest absolute Gasteiger partial charge is 0.273 e. The van der Waals surface area contributed by atoms with Gasteiger partial charge in [0.1, 0.15) is 5.82 Å². The Morgan fingerprint density at radius 1 is 1.00 bits per heavy atom. The van der Waals surface area contributed by atoms with Gasteiger partial charge in [-0.25, -0.2) is 4.39 Å². The topological polar surface area (TPSA) is 58.2 Å². The predicted molar refractivity (Wildman–Crippen MR) is 79.9 cm³/mol. The van der Waals surface area contributed by atoms with Gasteiger partial charge in [0.15, 0.2) is 0 Å². The Morgan fingerprint density at radius 3 is 2.38 bits per heavy atom. The highest BCUT2D eigenvalue weighted by Gasteiger charge is 2.11. The van der Waals surface area contributed by atoms with Crippen molar-refractivity contribution in [3.63, 3.8) is 0 Å². The Hall–Kier alpha value is -2.21. The van der Waals surface area contributed by atoms with E-state index in [1.54, 1.807) is 36.4 Å². The van der Waals surface area contributed by atoms with Gasteiger partial charge in [-0.15, -0.1) is 0 Å². The molecular formula is C15H12BrFN2O2. The molecule has 0 bridgehead atoms. The maximum absolute atomic E-state index is 13.4. The first-order valence-electron chi connectivity index (χ1n) is 6.15. The van der Waals surface area contributed by atoms with Crippen LogP contribution in [0.25, 0.3) is 0 Å². The molecular weight excluding hydrogens is 339 g/mol. The molecule has 0 aromatic heterocycles. The van der Waals surface area contributed by atoms with Crippen LogP contribution in [-0.2, 0) is 11.2 Å². The fourth-order valence-electron chi connectivity index (χ4n) is 1.70. The molecule has 0 fully saturated rings. The van der Waals surface area contributed by atoms with E-state index < -0.39 is 17.6 Å².